The number of nitrogens with zero attached hydrogens (tertiary/aromatic N) is 3. The second-order valence-corrected chi connectivity index (χ2v) is 3.81. The molecule has 1 aromatic heterocycles. The molecule has 0 saturated heterocycles. The Bertz CT molecular complexity index is 453. The van der Waals surface area contributed by atoms with E-state index >= 15 is 0 Å². The lowest BCUT2D eigenvalue weighted by molar-refractivity contribution is 0.726. The summed E-state index contributed by atoms with van der Waals surface area (Å²) < 4.78 is 1.65. The number of nitrogens with one attached hydrogen (secondary N) is 1. The second-order valence-electron chi connectivity index (χ2n) is 3.41. The van der Waals surface area contributed by atoms with Gasteiger partial charge in [-0.2, -0.15) is 5.10 Å². The van der Waals surface area contributed by atoms with Crippen molar-refractivity contribution in [2.75, 3.05) is 6.54 Å². The van der Waals surface area contributed by atoms with Crippen molar-refractivity contribution in [2.45, 2.75) is 13.5 Å². The van der Waals surface area contributed by atoms with Gasteiger partial charge in [-0.3, -0.25) is 0 Å². The first kappa shape index (κ1) is 11.1. The molecule has 0 bridgehead atoms. The van der Waals surface area contributed by atoms with E-state index in [-0.39, 0.29) is 0 Å². The SMILES string of the molecule is CCNCc1ccc(-n2cncn2)c(Cl)c1. The first-order valence-electron chi connectivity index (χ1n) is 5.15. The fraction of sp³-hybridized carbons (Fsp3) is 0.273. The molecule has 0 unspecified atom stereocenters. The van der Waals surface area contributed by atoms with Crippen molar-refractivity contribution in [3.63, 3.8) is 0 Å². The number of hydrogen-bond acceptors (Lipinski definition) is 3. The second kappa shape index (κ2) is 5.09. The molecule has 84 valence electrons. The summed E-state index contributed by atoms with van der Waals surface area (Å²) in [7, 11) is 0. The van der Waals surface area contributed by atoms with E-state index in [9.17, 15) is 0 Å². The third kappa shape index (κ3) is 2.40. The summed E-state index contributed by atoms with van der Waals surface area (Å²) in [4.78, 5) is 3.89. The molecule has 16 heavy (non-hydrogen) atoms. The summed E-state index contributed by atoms with van der Waals surface area (Å²) in [5.74, 6) is 0. The first-order valence-corrected chi connectivity index (χ1v) is 5.53. The maximum Gasteiger partial charge on any atom is 0.138 e. The van der Waals surface area contributed by atoms with Crippen LogP contribution in [0.4, 0.5) is 0 Å². The molecule has 0 atom stereocenters. The van der Waals surface area contributed by atoms with Gasteiger partial charge in [-0.05, 0) is 24.2 Å². The van der Waals surface area contributed by atoms with Crippen LogP contribution in [-0.4, -0.2) is 21.3 Å². The molecule has 4 nitrogen and oxygen atoms in total. The van der Waals surface area contributed by atoms with Crippen LogP contribution in [0.3, 0.4) is 0 Å². The van der Waals surface area contributed by atoms with Crippen LogP contribution in [0.15, 0.2) is 30.9 Å². The van der Waals surface area contributed by atoms with E-state index in [0.29, 0.717) is 5.02 Å². The molecule has 0 amide bonds. The fourth-order valence-corrected chi connectivity index (χ4v) is 1.74. The average molecular weight is 237 g/mol. The summed E-state index contributed by atoms with van der Waals surface area (Å²) in [5.41, 5.74) is 2.01. The molecule has 2 rings (SSSR count). The lowest BCUT2D eigenvalue weighted by Gasteiger charge is -2.07. The molecule has 0 aliphatic rings. The average Bonchev–Trinajstić information content (AvgIpc) is 2.80. The predicted molar refractivity (Wildman–Crippen MR) is 63.7 cm³/mol. The minimum absolute atomic E-state index is 0.681. The monoisotopic (exact) mass is 236 g/mol. The topological polar surface area (TPSA) is 42.7 Å². The molecular weight excluding hydrogens is 224 g/mol. The lowest BCUT2D eigenvalue weighted by atomic mass is 10.2. The molecule has 0 aliphatic heterocycles. The molecule has 0 radical (unpaired) electrons. The Morgan fingerprint density at radius 1 is 1.44 bits per heavy atom. The largest absolute Gasteiger partial charge is 0.313 e. The third-order valence-corrected chi connectivity index (χ3v) is 2.56. The van der Waals surface area contributed by atoms with Gasteiger partial charge in [-0.25, -0.2) is 9.67 Å². The molecule has 0 aliphatic carbocycles. The number of benzene rings is 1. The van der Waals surface area contributed by atoms with E-state index in [0.717, 1.165) is 24.3 Å². The van der Waals surface area contributed by atoms with Gasteiger partial charge in [-0.1, -0.05) is 24.6 Å². The van der Waals surface area contributed by atoms with Crippen LogP contribution in [-0.2, 0) is 6.54 Å². The van der Waals surface area contributed by atoms with E-state index < -0.39 is 0 Å². The van der Waals surface area contributed by atoms with Crippen molar-refractivity contribution in [1.82, 2.24) is 20.1 Å². The van der Waals surface area contributed by atoms with Crippen molar-refractivity contribution in [3.8, 4) is 5.69 Å². The maximum atomic E-state index is 6.18. The van der Waals surface area contributed by atoms with Gasteiger partial charge in [0.05, 0.1) is 10.7 Å². The van der Waals surface area contributed by atoms with Crippen molar-refractivity contribution in [1.29, 1.82) is 0 Å². The van der Waals surface area contributed by atoms with Crippen LogP contribution in [0.25, 0.3) is 5.69 Å². The predicted octanol–water partition coefficient (Wildman–Crippen LogP) is 2.03. The van der Waals surface area contributed by atoms with E-state index in [1.54, 1.807) is 11.0 Å². The number of rotatable bonds is 4. The molecule has 0 saturated carbocycles. The quantitative estimate of drug-likeness (QED) is 0.884. The molecular formula is C11H13ClN4. The highest BCUT2D eigenvalue weighted by atomic mass is 35.5. The summed E-state index contributed by atoms with van der Waals surface area (Å²) in [6, 6.07) is 5.93. The van der Waals surface area contributed by atoms with E-state index in [1.165, 1.54) is 6.33 Å². The van der Waals surface area contributed by atoms with Crippen LogP contribution in [0.2, 0.25) is 5.02 Å². The molecule has 5 heteroatoms. The zero-order valence-corrected chi connectivity index (χ0v) is 9.78. The minimum atomic E-state index is 0.681. The van der Waals surface area contributed by atoms with Crippen molar-refractivity contribution in [3.05, 3.63) is 41.4 Å². The van der Waals surface area contributed by atoms with Gasteiger partial charge in [0.2, 0.25) is 0 Å². The fourth-order valence-electron chi connectivity index (χ4n) is 1.45. The Hall–Kier alpha value is -1.39. The molecule has 2 aromatic rings. The molecule has 0 spiro atoms. The van der Waals surface area contributed by atoms with Crippen molar-refractivity contribution < 1.29 is 0 Å². The van der Waals surface area contributed by atoms with E-state index in [2.05, 4.69) is 22.3 Å². The standard InChI is InChI=1S/C11H13ClN4/c1-2-13-6-9-3-4-11(10(12)5-9)16-8-14-7-15-16/h3-5,7-8,13H,2,6H2,1H3. The van der Waals surface area contributed by atoms with Gasteiger partial charge in [0, 0.05) is 6.54 Å². The first-order chi connectivity index (χ1) is 7.81. The molecule has 1 N–H and O–H groups in total. The zero-order valence-electron chi connectivity index (χ0n) is 9.02. The highest BCUT2D eigenvalue weighted by Crippen LogP contribution is 2.20. The lowest BCUT2D eigenvalue weighted by Crippen LogP contribution is -2.11. The zero-order chi connectivity index (χ0) is 11.4. The number of hydrogen-bond donors (Lipinski definition) is 1. The third-order valence-electron chi connectivity index (χ3n) is 2.26. The van der Waals surface area contributed by atoms with Gasteiger partial charge in [0.25, 0.3) is 0 Å². The van der Waals surface area contributed by atoms with Crippen molar-refractivity contribution in [2.24, 2.45) is 0 Å². The van der Waals surface area contributed by atoms with E-state index in [1.807, 2.05) is 18.2 Å². The molecule has 1 aromatic carbocycles. The molecule has 1 heterocycles. The van der Waals surface area contributed by atoms with Gasteiger partial charge >= 0.3 is 0 Å². The number of halogens is 1. The highest BCUT2D eigenvalue weighted by Gasteiger charge is 2.04. The summed E-state index contributed by atoms with van der Waals surface area (Å²) >= 11 is 6.18. The van der Waals surface area contributed by atoms with Crippen LogP contribution in [0.5, 0.6) is 0 Å². The minimum Gasteiger partial charge on any atom is -0.313 e. The van der Waals surface area contributed by atoms with Crippen LogP contribution >= 0.6 is 11.6 Å². The summed E-state index contributed by atoms with van der Waals surface area (Å²) in [6.45, 7) is 3.85. The van der Waals surface area contributed by atoms with Crippen LogP contribution < -0.4 is 5.32 Å². The smallest absolute Gasteiger partial charge is 0.138 e. The Kier molecular flexibility index (Phi) is 3.54. The Labute approximate surface area is 99.3 Å². The van der Waals surface area contributed by atoms with E-state index in [4.69, 9.17) is 11.6 Å². The van der Waals surface area contributed by atoms with Gasteiger partial charge in [-0.15, -0.1) is 0 Å². The molecule has 0 fully saturated rings. The Morgan fingerprint density at radius 2 is 2.31 bits per heavy atom. The van der Waals surface area contributed by atoms with Crippen molar-refractivity contribution >= 4 is 11.6 Å². The van der Waals surface area contributed by atoms with Crippen LogP contribution in [0.1, 0.15) is 12.5 Å². The van der Waals surface area contributed by atoms with Gasteiger partial charge in [0.1, 0.15) is 12.7 Å². The maximum absolute atomic E-state index is 6.18. The van der Waals surface area contributed by atoms with Gasteiger partial charge < -0.3 is 5.32 Å². The highest BCUT2D eigenvalue weighted by molar-refractivity contribution is 6.32. The summed E-state index contributed by atoms with van der Waals surface area (Å²) in [6.07, 6.45) is 3.12. The van der Waals surface area contributed by atoms with Crippen LogP contribution in [0, 0.1) is 0 Å². The number of aromatic nitrogens is 3. The Morgan fingerprint density at radius 3 is 2.94 bits per heavy atom. The summed E-state index contributed by atoms with van der Waals surface area (Å²) in [5, 5.41) is 7.98. The Balaban J connectivity index is 2.23. The van der Waals surface area contributed by atoms with Gasteiger partial charge in [0.15, 0.2) is 0 Å². The normalized spacial score (nSPS) is 10.6.